The summed E-state index contributed by atoms with van der Waals surface area (Å²) in [7, 11) is 1.53. The summed E-state index contributed by atoms with van der Waals surface area (Å²) in [5, 5.41) is 1.87. The third kappa shape index (κ3) is 4.12. The predicted octanol–water partition coefficient (Wildman–Crippen LogP) is 0.208. The second kappa shape index (κ2) is 5.80. The molecule has 1 N–H and O–H groups in total. The van der Waals surface area contributed by atoms with Gasteiger partial charge in [0.2, 0.25) is 11.8 Å². The number of nitrogens with one attached hydrogen (secondary N) is 1. The molecule has 0 saturated carbocycles. The topological polar surface area (TPSA) is 49.4 Å². The largest absolute Gasteiger partial charge is 0.358 e. The summed E-state index contributed by atoms with van der Waals surface area (Å²) in [6, 6.07) is 0. The van der Waals surface area contributed by atoms with Crippen LogP contribution < -0.4 is 5.32 Å². The molecule has 0 bridgehead atoms. The van der Waals surface area contributed by atoms with Crippen LogP contribution in [0.1, 0.15) is 13.8 Å². The number of rotatable bonds is 4. The first kappa shape index (κ1) is 12.2. The average molecular weight is 207 g/mol. The molecule has 2 amide bonds. The molecule has 0 heterocycles. The summed E-state index contributed by atoms with van der Waals surface area (Å²) >= 11 is 5.61. The van der Waals surface area contributed by atoms with E-state index in [-0.39, 0.29) is 18.4 Å². The first-order valence-electron chi connectivity index (χ1n) is 4.16. The van der Waals surface area contributed by atoms with E-state index in [1.807, 2.05) is 0 Å². The van der Waals surface area contributed by atoms with Crippen molar-refractivity contribution in [1.29, 1.82) is 0 Å². The number of alkyl halides is 1. The normalized spacial score (nSPS) is 12.0. The van der Waals surface area contributed by atoms with Gasteiger partial charge in [-0.1, -0.05) is 0 Å². The molecule has 0 spiro atoms. The van der Waals surface area contributed by atoms with Gasteiger partial charge >= 0.3 is 0 Å². The van der Waals surface area contributed by atoms with Gasteiger partial charge in [-0.15, -0.1) is 11.6 Å². The van der Waals surface area contributed by atoms with Crippen molar-refractivity contribution in [2.24, 2.45) is 0 Å². The van der Waals surface area contributed by atoms with Crippen molar-refractivity contribution < 1.29 is 9.59 Å². The molecule has 0 fully saturated rings. The van der Waals surface area contributed by atoms with Gasteiger partial charge in [0.15, 0.2) is 0 Å². The Morgan fingerprint density at radius 2 is 2.08 bits per heavy atom. The van der Waals surface area contributed by atoms with E-state index >= 15 is 0 Å². The molecule has 0 rings (SSSR count). The molecule has 0 aromatic carbocycles. The highest BCUT2D eigenvalue weighted by atomic mass is 35.5. The zero-order valence-electron chi connectivity index (χ0n) is 8.13. The fourth-order valence-corrected chi connectivity index (χ4v) is 0.988. The van der Waals surface area contributed by atoms with Crippen LogP contribution in [0.15, 0.2) is 0 Å². The van der Waals surface area contributed by atoms with Crippen molar-refractivity contribution in [2.45, 2.75) is 19.2 Å². The van der Waals surface area contributed by atoms with Crippen molar-refractivity contribution in [3.8, 4) is 0 Å². The second-order valence-electron chi connectivity index (χ2n) is 2.64. The number of carbonyl (C=O) groups is 2. The highest BCUT2D eigenvalue weighted by Gasteiger charge is 2.18. The molecular formula is C8H15ClN2O2. The van der Waals surface area contributed by atoms with Gasteiger partial charge < -0.3 is 10.2 Å². The number of hydrogen-bond acceptors (Lipinski definition) is 2. The maximum atomic E-state index is 11.3. The Labute approximate surface area is 83.2 Å². The van der Waals surface area contributed by atoms with E-state index in [1.54, 1.807) is 13.8 Å². The van der Waals surface area contributed by atoms with E-state index in [4.69, 9.17) is 11.6 Å². The van der Waals surface area contributed by atoms with Crippen LogP contribution in [-0.4, -0.2) is 42.2 Å². The van der Waals surface area contributed by atoms with Crippen molar-refractivity contribution in [3.05, 3.63) is 0 Å². The van der Waals surface area contributed by atoms with Gasteiger partial charge in [0, 0.05) is 13.6 Å². The first-order chi connectivity index (χ1) is 6.02. The number of amides is 2. The van der Waals surface area contributed by atoms with Gasteiger partial charge in [0.25, 0.3) is 0 Å². The summed E-state index contributed by atoms with van der Waals surface area (Å²) in [5.74, 6) is -0.403. The lowest BCUT2D eigenvalue weighted by molar-refractivity contribution is -0.135. The molecule has 0 aliphatic heterocycles. The number of carbonyl (C=O) groups excluding carboxylic acids is 2. The van der Waals surface area contributed by atoms with Crippen molar-refractivity contribution in [1.82, 2.24) is 10.2 Å². The minimum Gasteiger partial charge on any atom is -0.358 e. The van der Waals surface area contributed by atoms with Crippen LogP contribution in [0.4, 0.5) is 0 Å². The minimum atomic E-state index is -0.579. The molecule has 76 valence electrons. The molecule has 13 heavy (non-hydrogen) atoms. The maximum Gasteiger partial charge on any atom is 0.240 e. The summed E-state index contributed by atoms with van der Waals surface area (Å²) < 4.78 is 0. The maximum absolute atomic E-state index is 11.3. The zero-order valence-corrected chi connectivity index (χ0v) is 8.89. The average Bonchev–Trinajstić information content (AvgIpc) is 2.12. The summed E-state index contributed by atoms with van der Waals surface area (Å²) in [6.45, 7) is 3.96. The smallest absolute Gasteiger partial charge is 0.240 e. The number of nitrogens with zero attached hydrogens (tertiary/aromatic N) is 1. The highest BCUT2D eigenvalue weighted by Crippen LogP contribution is 2.00. The molecule has 0 aromatic rings. The molecule has 0 aromatic heterocycles. The van der Waals surface area contributed by atoms with Gasteiger partial charge in [-0.3, -0.25) is 9.59 Å². The lowest BCUT2D eigenvalue weighted by atomic mass is 10.3. The SMILES string of the molecule is CCN(CC(=O)NC)C(=O)C(C)Cl. The lowest BCUT2D eigenvalue weighted by Crippen LogP contribution is -2.42. The summed E-state index contributed by atoms with van der Waals surface area (Å²) in [5.41, 5.74) is 0. The first-order valence-corrected chi connectivity index (χ1v) is 4.60. The van der Waals surface area contributed by atoms with Crippen LogP contribution in [0.5, 0.6) is 0 Å². The van der Waals surface area contributed by atoms with E-state index in [2.05, 4.69) is 5.32 Å². The quantitative estimate of drug-likeness (QED) is 0.669. The third-order valence-corrected chi connectivity index (χ3v) is 1.83. The van der Waals surface area contributed by atoms with E-state index in [0.29, 0.717) is 6.54 Å². The molecule has 0 aliphatic rings. The molecule has 5 heteroatoms. The monoisotopic (exact) mass is 206 g/mol. The number of hydrogen-bond donors (Lipinski definition) is 1. The lowest BCUT2D eigenvalue weighted by Gasteiger charge is -2.20. The standard InChI is InChI=1S/C8H15ClN2O2/c1-4-11(5-7(12)10-3)8(13)6(2)9/h6H,4-5H2,1-3H3,(H,10,12). The predicted molar refractivity (Wildman–Crippen MR) is 51.6 cm³/mol. The highest BCUT2D eigenvalue weighted by molar-refractivity contribution is 6.30. The molecule has 0 aliphatic carbocycles. The Kier molecular flexibility index (Phi) is 5.46. The minimum absolute atomic E-state index is 0.0723. The van der Waals surface area contributed by atoms with Crippen LogP contribution >= 0.6 is 11.6 Å². The third-order valence-electron chi connectivity index (χ3n) is 1.65. The van der Waals surface area contributed by atoms with Crippen LogP contribution in [0.25, 0.3) is 0 Å². The van der Waals surface area contributed by atoms with Gasteiger partial charge in [0.1, 0.15) is 5.38 Å². The van der Waals surface area contributed by atoms with Crippen molar-refractivity contribution >= 4 is 23.4 Å². The molecule has 1 atom stereocenters. The van der Waals surface area contributed by atoms with Gasteiger partial charge in [-0.05, 0) is 13.8 Å². The van der Waals surface area contributed by atoms with E-state index in [1.165, 1.54) is 11.9 Å². The molecule has 4 nitrogen and oxygen atoms in total. The van der Waals surface area contributed by atoms with Crippen molar-refractivity contribution in [3.63, 3.8) is 0 Å². The fourth-order valence-electron chi connectivity index (χ4n) is 0.850. The summed E-state index contributed by atoms with van der Waals surface area (Å²) in [4.78, 5) is 23.7. The van der Waals surface area contributed by atoms with E-state index in [9.17, 15) is 9.59 Å². The van der Waals surface area contributed by atoms with Crippen LogP contribution in [0.2, 0.25) is 0 Å². The van der Waals surface area contributed by atoms with Crippen LogP contribution in [0, 0.1) is 0 Å². The zero-order chi connectivity index (χ0) is 10.4. The van der Waals surface area contributed by atoms with Gasteiger partial charge in [0.05, 0.1) is 6.54 Å². The Balaban J connectivity index is 4.18. The molecule has 0 radical (unpaired) electrons. The van der Waals surface area contributed by atoms with Crippen LogP contribution in [-0.2, 0) is 9.59 Å². The Hall–Kier alpha value is -0.770. The molecule has 0 saturated heterocycles. The Morgan fingerprint density at radius 3 is 2.38 bits per heavy atom. The van der Waals surface area contributed by atoms with Crippen LogP contribution in [0.3, 0.4) is 0 Å². The van der Waals surface area contributed by atoms with Gasteiger partial charge in [-0.2, -0.15) is 0 Å². The number of halogens is 1. The van der Waals surface area contributed by atoms with Gasteiger partial charge in [-0.25, -0.2) is 0 Å². The van der Waals surface area contributed by atoms with E-state index < -0.39 is 5.38 Å². The molecule has 1 unspecified atom stereocenters. The Bertz CT molecular complexity index is 195. The Morgan fingerprint density at radius 1 is 1.54 bits per heavy atom. The molecular weight excluding hydrogens is 192 g/mol. The number of likely N-dealkylation sites (N-methyl/N-ethyl adjacent to an activating group) is 2. The summed E-state index contributed by atoms with van der Waals surface area (Å²) in [6.07, 6.45) is 0. The van der Waals surface area contributed by atoms with Crippen molar-refractivity contribution in [2.75, 3.05) is 20.1 Å². The second-order valence-corrected chi connectivity index (χ2v) is 3.30. The fraction of sp³-hybridized carbons (Fsp3) is 0.750. The van der Waals surface area contributed by atoms with E-state index in [0.717, 1.165) is 0 Å².